The maximum Gasteiger partial charge on any atom is 0.240 e. The second kappa shape index (κ2) is 7.53. The number of carbonyl (C=O) groups is 2. The van der Waals surface area contributed by atoms with Gasteiger partial charge in [-0.3, -0.25) is 9.59 Å². The lowest BCUT2D eigenvalue weighted by Crippen LogP contribution is -2.43. The number of hydrogen-bond acceptors (Lipinski definition) is 5. The fraction of sp³-hybridized carbons (Fsp3) is 0.579. The van der Waals surface area contributed by atoms with Gasteiger partial charge in [0, 0.05) is 26.1 Å². The Morgan fingerprint density at radius 2 is 1.85 bits per heavy atom. The van der Waals surface area contributed by atoms with Crippen molar-refractivity contribution in [1.82, 2.24) is 10.2 Å². The van der Waals surface area contributed by atoms with Crippen LogP contribution in [0.5, 0.6) is 11.5 Å². The fourth-order valence-electron chi connectivity index (χ4n) is 3.23. The second-order valence-electron chi connectivity index (χ2n) is 7.06. The van der Waals surface area contributed by atoms with Gasteiger partial charge in [0.25, 0.3) is 0 Å². The van der Waals surface area contributed by atoms with Crippen LogP contribution in [0.25, 0.3) is 0 Å². The van der Waals surface area contributed by atoms with Gasteiger partial charge in [0.05, 0.1) is 19.8 Å². The monoisotopic (exact) mass is 361 g/mol. The van der Waals surface area contributed by atoms with Gasteiger partial charge in [-0.1, -0.05) is 0 Å². The maximum absolute atomic E-state index is 12.5. The molecule has 1 aromatic carbocycles. The van der Waals surface area contributed by atoms with Crippen molar-refractivity contribution in [3.05, 3.63) is 23.3 Å². The molecule has 1 fully saturated rings. The van der Waals surface area contributed by atoms with Gasteiger partial charge in [-0.15, -0.1) is 0 Å². The van der Waals surface area contributed by atoms with Crippen LogP contribution in [-0.2, 0) is 22.6 Å². The lowest BCUT2D eigenvalue weighted by molar-refractivity contribution is -0.132. The van der Waals surface area contributed by atoms with Crippen LogP contribution >= 0.6 is 0 Å². The van der Waals surface area contributed by atoms with E-state index in [1.165, 1.54) is 5.56 Å². The van der Waals surface area contributed by atoms with E-state index in [1.807, 2.05) is 17.0 Å². The summed E-state index contributed by atoms with van der Waals surface area (Å²) in [6, 6.07) is 3.94. The van der Waals surface area contributed by atoms with E-state index in [4.69, 9.17) is 15.2 Å². The number of hydrogen-bond donors (Lipinski definition) is 2. The summed E-state index contributed by atoms with van der Waals surface area (Å²) in [5, 5.41) is 2.82. The number of nitrogens with one attached hydrogen (secondary N) is 1. The number of nitrogens with two attached hydrogens (primary N) is 1. The van der Waals surface area contributed by atoms with Gasteiger partial charge in [-0.25, -0.2) is 0 Å². The van der Waals surface area contributed by atoms with Crippen LogP contribution in [0.3, 0.4) is 0 Å². The number of amides is 2. The lowest BCUT2D eigenvalue weighted by Gasteiger charge is -2.29. The highest BCUT2D eigenvalue weighted by molar-refractivity contribution is 5.89. The van der Waals surface area contributed by atoms with Crippen molar-refractivity contribution in [2.45, 2.75) is 44.2 Å². The van der Waals surface area contributed by atoms with E-state index in [-0.39, 0.29) is 11.8 Å². The summed E-state index contributed by atoms with van der Waals surface area (Å²) in [5.74, 6) is 1.40. The smallest absolute Gasteiger partial charge is 0.240 e. The molecule has 7 nitrogen and oxygen atoms in total. The zero-order chi connectivity index (χ0) is 18.7. The zero-order valence-corrected chi connectivity index (χ0v) is 15.5. The molecule has 1 aromatic rings. The molecule has 3 N–H and O–H groups in total. The summed E-state index contributed by atoms with van der Waals surface area (Å²) in [7, 11) is 3.23. The van der Waals surface area contributed by atoms with E-state index >= 15 is 0 Å². The number of carbonyl (C=O) groups excluding carboxylic acids is 2. The van der Waals surface area contributed by atoms with Crippen molar-refractivity contribution in [1.29, 1.82) is 0 Å². The Balaban J connectivity index is 1.50. The molecule has 1 aliphatic heterocycles. The maximum atomic E-state index is 12.5. The van der Waals surface area contributed by atoms with Crippen molar-refractivity contribution in [2.75, 3.05) is 27.3 Å². The van der Waals surface area contributed by atoms with Crippen LogP contribution in [0.1, 0.15) is 36.8 Å². The summed E-state index contributed by atoms with van der Waals surface area (Å²) < 4.78 is 10.7. The SMILES string of the molecule is COc1cc2c(cc1OC)CN(C(=O)CCCNC(=O)C1(N)CC1)CC2. The number of nitrogens with zero attached hydrogens (tertiary/aromatic N) is 1. The van der Waals surface area contributed by atoms with Crippen molar-refractivity contribution in [2.24, 2.45) is 5.73 Å². The third-order valence-electron chi connectivity index (χ3n) is 5.16. The van der Waals surface area contributed by atoms with Crippen molar-refractivity contribution in [3.8, 4) is 11.5 Å². The summed E-state index contributed by atoms with van der Waals surface area (Å²) >= 11 is 0. The van der Waals surface area contributed by atoms with Gasteiger partial charge in [0.2, 0.25) is 11.8 Å². The molecule has 1 heterocycles. The average molecular weight is 361 g/mol. The van der Waals surface area contributed by atoms with Crippen LogP contribution < -0.4 is 20.5 Å². The molecule has 3 rings (SSSR count). The van der Waals surface area contributed by atoms with Crippen LogP contribution in [-0.4, -0.2) is 49.6 Å². The molecule has 0 unspecified atom stereocenters. The predicted molar refractivity (Wildman–Crippen MR) is 97.1 cm³/mol. The van der Waals surface area contributed by atoms with Gasteiger partial charge < -0.3 is 25.4 Å². The van der Waals surface area contributed by atoms with E-state index in [2.05, 4.69) is 5.32 Å². The van der Waals surface area contributed by atoms with Crippen LogP contribution in [0, 0.1) is 0 Å². The van der Waals surface area contributed by atoms with Gasteiger partial charge in [-0.2, -0.15) is 0 Å². The van der Waals surface area contributed by atoms with E-state index in [1.54, 1.807) is 14.2 Å². The minimum atomic E-state index is -0.652. The predicted octanol–water partition coefficient (Wildman–Crippen LogP) is 0.976. The number of fused-ring (bicyclic) bond motifs is 1. The van der Waals surface area contributed by atoms with Gasteiger partial charge >= 0.3 is 0 Å². The minimum absolute atomic E-state index is 0.0992. The van der Waals surface area contributed by atoms with Crippen LogP contribution in [0.15, 0.2) is 12.1 Å². The molecule has 2 amide bonds. The Labute approximate surface area is 153 Å². The van der Waals surface area contributed by atoms with Gasteiger partial charge in [0.15, 0.2) is 11.5 Å². The van der Waals surface area contributed by atoms with Gasteiger partial charge in [0.1, 0.15) is 0 Å². The first-order chi connectivity index (χ1) is 12.5. The van der Waals surface area contributed by atoms with Crippen LogP contribution in [0.2, 0.25) is 0 Å². The molecule has 142 valence electrons. The molecule has 1 saturated carbocycles. The molecule has 26 heavy (non-hydrogen) atoms. The topological polar surface area (TPSA) is 93.9 Å². The molecule has 2 aliphatic rings. The second-order valence-corrected chi connectivity index (χ2v) is 7.06. The first-order valence-corrected chi connectivity index (χ1v) is 9.05. The third-order valence-corrected chi connectivity index (χ3v) is 5.16. The quantitative estimate of drug-likeness (QED) is 0.706. The molecular weight excluding hydrogens is 334 g/mol. The molecule has 1 aliphatic carbocycles. The molecular formula is C19H27N3O4. The highest BCUT2D eigenvalue weighted by Crippen LogP contribution is 2.33. The summed E-state index contributed by atoms with van der Waals surface area (Å²) in [5.41, 5.74) is 7.46. The third kappa shape index (κ3) is 3.93. The van der Waals surface area contributed by atoms with Crippen LogP contribution in [0.4, 0.5) is 0 Å². The molecule has 0 atom stereocenters. The Kier molecular flexibility index (Phi) is 5.36. The standard InChI is InChI=1S/C19H27N3O4/c1-25-15-10-13-5-9-22(12-14(13)11-16(15)26-2)17(23)4-3-8-21-18(24)19(20)6-7-19/h10-11H,3-9,12,20H2,1-2H3,(H,21,24). The average Bonchev–Trinajstić information content (AvgIpc) is 3.41. The molecule has 0 saturated heterocycles. The lowest BCUT2D eigenvalue weighted by atomic mass is 9.98. The summed E-state index contributed by atoms with van der Waals surface area (Å²) in [6.45, 7) is 1.76. The minimum Gasteiger partial charge on any atom is -0.493 e. The summed E-state index contributed by atoms with van der Waals surface area (Å²) in [4.78, 5) is 26.1. The first-order valence-electron chi connectivity index (χ1n) is 9.05. The molecule has 7 heteroatoms. The Bertz CT molecular complexity index is 700. The molecule has 0 bridgehead atoms. The van der Waals surface area contributed by atoms with E-state index in [9.17, 15) is 9.59 Å². The van der Waals surface area contributed by atoms with Crippen molar-refractivity contribution >= 4 is 11.8 Å². The molecule has 0 radical (unpaired) electrons. The fourth-order valence-corrected chi connectivity index (χ4v) is 3.23. The zero-order valence-electron chi connectivity index (χ0n) is 15.5. The highest BCUT2D eigenvalue weighted by Gasteiger charge is 2.45. The Morgan fingerprint density at radius 1 is 1.19 bits per heavy atom. The number of ether oxygens (including phenoxy) is 2. The first kappa shape index (κ1) is 18.5. The Morgan fingerprint density at radius 3 is 2.46 bits per heavy atom. The van der Waals surface area contributed by atoms with E-state index in [0.717, 1.165) is 30.6 Å². The van der Waals surface area contributed by atoms with E-state index < -0.39 is 5.54 Å². The van der Waals surface area contributed by atoms with Crippen molar-refractivity contribution in [3.63, 3.8) is 0 Å². The number of methoxy groups -OCH3 is 2. The number of benzene rings is 1. The van der Waals surface area contributed by atoms with Gasteiger partial charge in [-0.05, 0) is 48.9 Å². The largest absolute Gasteiger partial charge is 0.493 e. The number of rotatable bonds is 7. The normalized spacial score (nSPS) is 17.3. The van der Waals surface area contributed by atoms with Crippen molar-refractivity contribution < 1.29 is 19.1 Å². The Hall–Kier alpha value is -2.28. The van der Waals surface area contributed by atoms with E-state index in [0.29, 0.717) is 38.2 Å². The molecule has 0 spiro atoms. The molecule has 0 aromatic heterocycles. The highest BCUT2D eigenvalue weighted by atomic mass is 16.5. The summed E-state index contributed by atoms with van der Waals surface area (Å²) in [6.07, 6.45) is 3.34.